The fraction of sp³-hybridized carbons (Fsp3) is 0.545. The van der Waals surface area contributed by atoms with Crippen LogP contribution < -0.4 is 0 Å². The molecule has 6 nitrogen and oxygen atoms in total. The van der Waals surface area contributed by atoms with Gasteiger partial charge in [-0.25, -0.2) is 0 Å². The normalized spacial score (nSPS) is 21.3. The number of amides is 2. The third-order valence-corrected chi connectivity index (χ3v) is 6.59. The second kappa shape index (κ2) is 10.3. The summed E-state index contributed by atoms with van der Waals surface area (Å²) in [6, 6.07) is 10.1. The van der Waals surface area contributed by atoms with Gasteiger partial charge in [0.25, 0.3) is 0 Å². The van der Waals surface area contributed by atoms with Crippen LogP contribution in [0, 0.1) is 12.1 Å². The summed E-state index contributed by atoms with van der Waals surface area (Å²) < 4.78 is 0. The first-order valence-corrected chi connectivity index (χ1v) is 11.2. The predicted octanol–water partition coefficient (Wildman–Crippen LogP) is 1.75. The average molecular weight is 416 g/mol. The topological polar surface area (TPSA) is 47.1 Å². The molecule has 1 aromatic carbocycles. The minimum Gasteiger partial charge on any atom is -0.344 e. The van der Waals surface area contributed by atoms with Gasteiger partial charge >= 0.3 is 0 Å². The van der Waals surface area contributed by atoms with Crippen LogP contribution in [0.1, 0.15) is 12.5 Å². The molecule has 1 aromatic rings. The number of hydrogen-bond donors (Lipinski definition) is 0. The maximum absolute atomic E-state index is 13.0. The van der Waals surface area contributed by atoms with Crippen molar-refractivity contribution in [3.8, 4) is 0 Å². The van der Waals surface area contributed by atoms with Crippen molar-refractivity contribution in [3.05, 3.63) is 47.5 Å². The van der Waals surface area contributed by atoms with Gasteiger partial charge in [-0.3, -0.25) is 19.4 Å². The van der Waals surface area contributed by atoms with Crippen molar-refractivity contribution in [2.24, 2.45) is 5.92 Å². The third-order valence-electron chi connectivity index (χ3n) is 5.66. The van der Waals surface area contributed by atoms with Crippen LogP contribution in [0.2, 0.25) is 0 Å². The summed E-state index contributed by atoms with van der Waals surface area (Å²) in [5.41, 5.74) is 1.17. The molecule has 2 aliphatic heterocycles. The molecular formula is C22H31N4O2S. The molecule has 1 fully saturated rings. The first-order chi connectivity index (χ1) is 14.0. The second-order valence-electron chi connectivity index (χ2n) is 7.86. The summed E-state index contributed by atoms with van der Waals surface area (Å²) in [4.78, 5) is 33.8. The first kappa shape index (κ1) is 21.9. The Morgan fingerprint density at radius 3 is 2.59 bits per heavy atom. The molecule has 157 valence electrons. The quantitative estimate of drug-likeness (QED) is 0.635. The second-order valence-corrected chi connectivity index (χ2v) is 8.91. The van der Waals surface area contributed by atoms with Crippen molar-refractivity contribution >= 4 is 23.6 Å². The molecule has 0 aliphatic carbocycles. The lowest BCUT2D eigenvalue weighted by Gasteiger charge is -2.33. The Hall–Kier alpha value is -1.83. The van der Waals surface area contributed by atoms with Crippen LogP contribution in [0.5, 0.6) is 0 Å². The summed E-state index contributed by atoms with van der Waals surface area (Å²) >= 11 is 1.57. The Kier molecular flexibility index (Phi) is 7.75. The van der Waals surface area contributed by atoms with Crippen molar-refractivity contribution in [1.82, 2.24) is 19.6 Å². The Balaban J connectivity index is 1.51. The van der Waals surface area contributed by atoms with Crippen molar-refractivity contribution in [3.63, 3.8) is 0 Å². The van der Waals surface area contributed by atoms with E-state index < -0.39 is 5.92 Å². The molecule has 2 aliphatic rings. The molecule has 0 N–H and O–H groups in total. The fourth-order valence-corrected chi connectivity index (χ4v) is 4.49. The molecular weight excluding hydrogens is 384 g/mol. The van der Waals surface area contributed by atoms with E-state index >= 15 is 0 Å². The van der Waals surface area contributed by atoms with Gasteiger partial charge < -0.3 is 9.80 Å². The van der Waals surface area contributed by atoms with Crippen LogP contribution in [-0.4, -0.2) is 90.2 Å². The highest BCUT2D eigenvalue weighted by molar-refractivity contribution is 8.02. The van der Waals surface area contributed by atoms with E-state index in [0.717, 1.165) is 39.1 Å². The summed E-state index contributed by atoms with van der Waals surface area (Å²) in [5.74, 6) is -1.00. The fourth-order valence-electron chi connectivity index (χ4n) is 3.59. The minimum atomic E-state index is -0.703. The van der Waals surface area contributed by atoms with Gasteiger partial charge in [0.15, 0.2) is 0 Å². The van der Waals surface area contributed by atoms with E-state index in [2.05, 4.69) is 35.2 Å². The highest BCUT2D eigenvalue weighted by Gasteiger charge is 2.34. The van der Waals surface area contributed by atoms with Gasteiger partial charge in [0, 0.05) is 52.7 Å². The molecule has 0 spiro atoms. The van der Waals surface area contributed by atoms with E-state index in [1.165, 1.54) is 5.56 Å². The molecule has 2 atom stereocenters. The lowest BCUT2D eigenvalue weighted by Crippen LogP contribution is -2.48. The van der Waals surface area contributed by atoms with Crippen LogP contribution in [0.3, 0.4) is 0 Å². The zero-order chi connectivity index (χ0) is 20.8. The number of carbonyl (C=O) groups is 2. The molecule has 3 rings (SSSR count). The molecule has 2 amide bonds. The summed E-state index contributed by atoms with van der Waals surface area (Å²) in [7, 11) is 3.93. The van der Waals surface area contributed by atoms with Gasteiger partial charge in [0.05, 0.1) is 11.6 Å². The van der Waals surface area contributed by atoms with Gasteiger partial charge in [-0.05, 0) is 24.9 Å². The Labute approximate surface area is 178 Å². The number of piperazine rings is 1. The van der Waals surface area contributed by atoms with E-state index in [0.29, 0.717) is 6.54 Å². The minimum absolute atomic E-state index is 0.0456. The number of rotatable bonds is 7. The van der Waals surface area contributed by atoms with E-state index in [1.54, 1.807) is 35.5 Å². The van der Waals surface area contributed by atoms with Gasteiger partial charge in [0.2, 0.25) is 11.8 Å². The molecule has 29 heavy (non-hydrogen) atoms. The average Bonchev–Trinajstić information content (AvgIpc) is 3.20. The van der Waals surface area contributed by atoms with Crippen LogP contribution in [0.25, 0.3) is 0 Å². The van der Waals surface area contributed by atoms with Crippen molar-refractivity contribution in [1.29, 1.82) is 0 Å². The Morgan fingerprint density at radius 2 is 1.90 bits per heavy atom. The van der Waals surface area contributed by atoms with Crippen molar-refractivity contribution < 1.29 is 9.59 Å². The smallest absolute Gasteiger partial charge is 0.240 e. The van der Waals surface area contributed by atoms with Gasteiger partial charge in [-0.1, -0.05) is 30.3 Å². The van der Waals surface area contributed by atoms with Gasteiger partial charge in [-0.15, -0.1) is 11.8 Å². The number of likely N-dealkylation sites (N-methyl/N-ethyl adjacent to an activating group) is 2. The van der Waals surface area contributed by atoms with Crippen LogP contribution >= 0.6 is 11.8 Å². The number of thioether (sulfide) groups is 1. The molecule has 7 heteroatoms. The number of benzene rings is 1. The largest absolute Gasteiger partial charge is 0.344 e. The SMILES string of the molecule is CC(C(=O)N(C)CCN1CCN(C)CC1)C(=O)N1[C]=CS[C@@H]1Cc1ccccc1. The van der Waals surface area contributed by atoms with E-state index in [1.807, 2.05) is 23.6 Å². The predicted molar refractivity (Wildman–Crippen MR) is 117 cm³/mol. The maximum atomic E-state index is 13.0. The number of carbonyl (C=O) groups excluding carboxylic acids is 2. The number of nitrogens with zero attached hydrogens (tertiary/aromatic N) is 4. The van der Waals surface area contributed by atoms with Crippen molar-refractivity contribution in [2.45, 2.75) is 18.7 Å². The van der Waals surface area contributed by atoms with E-state index in [4.69, 9.17) is 0 Å². The highest BCUT2D eigenvalue weighted by Crippen LogP contribution is 2.29. The lowest BCUT2D eigenvalue weighted by atomic mass is 10.1. The first-order valence-electron chi connectivity index (χ1n) is 10.2. The van der Waals surface area contributed by atoms with E-state index in [-0.39, 0.29) is 17.2 Å². The molecule has 2 heterocycles. The maximum Gasteiger partial charge on any atom is 0.240 e. The monoisotopic (exact) mass is 415 g/mol. The summed E-state index contributed by atoms with van der Waals surface area (Å²) in [5, 5.41) is 1.77. The molecule has 1 saturated heterocycles. The highest BCUT2D eigenvalue weighted by atomic mass is 32.2. The molecule has 1 radical (unpaired) electrons. The van der Waals surface area contributed by atoms with Crippen LogP contribution in [0.4, 0.5) is 0 Å². The summed E-state index contributed by atoms with van der Waals surface area (Å²) in [6.07, 6.45) is 3.76. The van der Waals surface area contributed by atoms with Gasteiger partial charge in [-0.2, -0.15) is 0 Å². The third kappa shape index (κ3) is 5.84. The van der Waals surface area contributed by atoms with E-state index in [9.17, 15) is 9.59 Å². The lowest BCUT2D eigenvalue weighted by molar-refractivity contribution is -0.144. The van der Waals surface area contributed by atoms with Gasteiger partial charge in [0.1, 0.15) is 5.92 Å². The molecule has 0 saturated carbocycles. The Morgan fingerprint density at radius 1 is 1.21 bits per heavy atom. The zero-order valence-corrected chi connectivity index (χ0v) is 18.4. The van der Waals surface area contributed by atoms with Crippen LogP contribution in [-0.2, 0) is 16.0 Å². The summed E-state index contributed by atoms with van der Waals surface area (Å²) in [6.45, 7) is 7.37. The standard InChI is InChI=1S/C22H31N4O2S/c1-18(21(27)24(3)11-14-25-12-9-23(2)10-13-25)22(28)26-15-16-29-20(26)17-19-7-5-4-6-8-19/h4-8,16,18,20H,9-14,17H2,1-3H3/t18?,20-/m1/s1. The van der Waals surface area contributed by atoms with Crippen molar-refractivity contribution in [2.75, 3.05) is 53.4 Å². The van der Waals surface area contributed by atoms with Crippen LogP contribution in [0.15, 0.2) is 35.7 Å². The Bertz CT molecular complexity index is 719. The molecule has 0 aromatic heterocycles. The molecule has 1 unspecified atom stereocenters. The number of hydrogen-bond acceptors (Lipinski definition) is 5. The zero-order valence-electron chi connectivity index (χ0n) is 17.6. The molecule has 0 bridgehead atoms.